The van der Waals surface area contributed by atoms with Gasteiger partial charge in [0.1, 0.15) is 5.75 Å². The maximum Gasteiger partial charge on any atom is 0.132 e. The Morgan fingerprint density at radius 1 is 1.40 bits per heavy atom. The van der Waals surface area contributed by atoms with Gasteiger partial charge in [0.15, 0.2) is 0 Å². The molecule has 2 atom stereocenters. The van der Waals surface area contributed by atoms with Gasteiger partial charge in [-0.25, -0.2) is 0 Å². The number of benzene rings is 1. The zero-order valence-electron chi connectivity index (χ0n) is 9.46. The second-order valence-corrected chi connectivity index (χ2v) is 5.17. The molecule has 0 radical (unpaired) electrons. The first-order valence-corrected chi connectivity index (χ1v) is 6.20. The van der Waals surface area contributed by atoms with Crippen LogP contribution in [0.3, 0.4) is 0 Å². The molecule has 15 heavy (non-hydrogen) atoms. The van der Waals surface area contributed by atoms with Crippen molar-refractivity contribution in [2.24, 2.45) is 11.7 Å². The Labute approximate surface area is 105 Å². The van der Waals surface area contributed by atoms with Crippen molar-refractivity contribution in [3.05, 3.63) is 27.3 Å². The van der Waals surface area contributed by atoms with E-state index in [0.717, 1.165) is 15.7 Å². The molecule has 0 bridgehead atoms. The predicted molar refractivity (Wildman–Crippen MR) is 72.2 cm³/mol. The number of nitrogens with two attached hydrogens (primary N) is 1. The summed E-state index contributed by atoms with van der Waals surface area (Å²) in [5.41, 5.74) is 7.18. The average molecular weight is 319 g/mol. The Balaban J connectivity index is 2.75. The fourth-order valence-electron chi connectivity index (χ4n) is 1.39. The smallest absolute Gasteiger partial charge is 0.132 e. The van der Waals surface area contributed by atoms with E-state index < -0.39 is 0 Å². The quantitative estimate of drug-likeness (QED) is 0.866. The summed E-state index contributed by atoms with van der Waals surface area (Å²) in [4.78, 5) is 0. The van der Waals surface area contributed by atoms with Gasteiger partial charge in [-0.1, -0.05) is 13.0 Å². The summed E-state index contributed by atoms with van der Waals surface area (Å²) in [7, 11) is 1.70. The molecule has 1 aromatic carbocycles. The minimum atomic E-state index is 0.241. The van der Waals surface area contributed by atoms with E-state index >= 15 is 0 Å². The van der Waals surface area contributed by atoms with Gasteiger partial charge in [-0.2, -0.15) is 0 Å². The summed E-state index contributed by atoms with van der Waals surface area (Å²) in [5, 5.41) is 0. The Morgan fingerprint density at radius 2 is 2.07 bits per heavy atom. The number of halogens is 1. The molecule has 1 rings (SSSR count). The number of hydrogen-bond donors (Lipinski definition) is 1. The van der Waals surface area contributed by atoms with Crippen LogP contribution in [-0.2, 0) is 6.42 Å². The molecule has 0 saturated heterocycles. The van der Waals surface area contributed by atoms with Gasteiger partial charge in [0.25, 0.3) is 0 Å². The van der Waals surface area contributed by atoms with Crippen LogP contribution >= 0.6 is 22.6 Å². The minimum absolute atomic E-state index is 0.241. The van der Waals surface area contributed by atoms with Crippen molar-refractivity contribution < 1.29 is 4.74 Å². The summed E-state index contributed by atoms with van der Waals surface area (Å²) in [6.07, 6.45) is 1.03. The fourth-order valence-corrected chi connectivity index (χ4v) is 2.19. The van der Waals surface area contributed by atoms with E-state index in [9.17, 15) is 0 Å². The zero-order chi connectivity index (χ0) is 11.4. The molecule has 2 nitrogen and oxygen atoms in total. The van der Waals surface area contributed by atoms with Crippen molar-refractivity contribution in [2.45, 2.75) is 26.3 Å². The molecule has 0 amide bonds. The summed E-state index contributed by atoms with van der Waals surface area (Å²) in [5.74, 6) is 1.45. The monoisotopic (exact) mass is 319 g/mol. The molecule has 0 aliphatic heterocycles. The van der Waals surface area contributed by atoms with E-state index in [0.29, 0.717) is 5.92 Å². The highest BCUT2D eigenvalue weighted by molar-refractivity contribution is 14.1. The summed E-state index contributed by atoms with van der Waals surface area (Å²) in [6, 6.07) is 6.54. The lowest BCUT2D eigenvalue weighted by atomic mass is 9.96. The highest BCUT2D eigenvalue weighted by Gasteiger charge is 2.09. The molecular formula is C12H18INO. The van der Waals surface area contributed by atoms with Crippen LogP contribution in [0.25, 0.3) is 0 Å². The lowest BCUT2D eigenvalue weighted by molar-refractivity contribution is 0.411. The lowest BCUT2D eigenvalue weighted by Gasteiger charge is -2.16. The fraction of sp³-hybridized carbons (Fsp3) is 0.500. The molecule has 0 fully saturated rings. The molecule has 0 aliphatic carbocycles. The summed E-state index contributed by atoms with van der Waals surface area (Å²) >= 11 is 2.29. The molecule has 1 aromatic rings. The molecular weight excluding hydrogens is 301 g/mol. The molecule has 0 heterocycles. The zero-order valence-corrected chi connectivity index (χ0v) is 11.6. The van der Waals surface area contributed by atoms with E-state index in [2.05, 4.69) is 48.6 Å². The highest BCUT2D eigenvalue weighted by Crippen LogP contribution is 2.23. The number of hydrogen-bond acceptors (Lipinski definition) is 2. The van der Waals surface area contributed by atoms with Crippen LogP contribution in [0, 0.1) is 9.49 Å². The Kier molecular flexibility index (Phi) is 4.86. The van der Waals surface area contributed by atoms with Crippen LogP contribution in [0.15, 0.2) is 18.2 Å². The Morgan fingerprint density at radius 3 is 2.53 bits per heavy atom. The van der Waals surface area contributed by atoms with Crippen molar-refractivity contribution in [1.82, 2.24) is 0 Å². The molecule has 2 N–H and O–H groups in total. The van der Waals surface area contributed by atoms with E-state index in [1.54, 1.807) is 7.11 Å². The van der Waals surface area contributed by atoms with Gasteiger partial charge in [-0.05, 0) is 59.5 Å². The van der Waals surface area contributed by atoms with E-state index in [1.165, 1.54) is 5.56 Å². The molecule has 0 aliphatic rings. The SMILES string of the molecule is COc1ccc(CC(C)C(C)N)cc1I. The van der Waals surface area contributed by atoms with Crippen molar-refractivity contribution in [1.29, 1.82) is 0 Å². The van der Waals surface area contributed by atoms with Crippen molar-refractivity contribution in [3.63, 3.8) is 0 Å². The Hall–Kier alpha value is -0.290. The highest BCUT2D eigenvalue weighted by atomic mass is 127. The summed E-state index contributed by atoms with van der Waals surface area (Å²) in [6.45, 7) is 4.24. The first-order chi connectivity index (χ1) is 7.04. The van der Waals surface area contributed by atoms with Crippen molar-refractivity contribution >= 4 is 22.6 Å². The maximum atomic E-state index is 5.85. The molecule has 84 valence electrons. The lowest BCUT2D eigenvalue weighted by Crippen LogP contribution is -2.25. The normalized spacial score (nSPS) is 14.7. The van der Waals surface area contributed by atoms with Crippen LogP contribution in [0.1, 0.15) is 19.4 Å². The van der Waals surface area contributed by atoms with E-state index in [-0.39, 0.29) is 6.04 Å². The average Bonchev–Trinajstić information content (AvgIpc) is 2.18. The molecule has 0 aromatic heterocycles. The topological polar surface area (TPSA) is 35.2 Å². The van der Waals surface area contributed by atoms with Crippen LogP contribution in [-0.4, -0.2) is 13.2 Å². The third kappa shape index (κ3) is 3.65. The number of methoxy groups -OCH3 is 1. The van der Waals surface area contributed by atoms with E-state index in [4.69, 9.17) is 10.5 Å². The standard InChI is InChI=1S/C12H18INO/c1-8(9(2)14)6-10-4-5-12(15-3)11(13)7-10/h4-5,7-9H,6,14H2,1-3H3. The largest absolute Gasteiger partial charge is 0.496 e. The maximum absolute atomic E-state index is 5.85. The second-order valence-electron chi connectivity index (χ2n) is 4.01. The van der Waals surface area contributed by atoms with Crippen LogP contribution in [0.5, 0.6) is 5.75 Å². The molecule has 2 unspecified atom stereocenters. The van der Waals surface area contributed by atoms with Gasteiger partial charge in [0.05, 0.1) is 10.7 Å². The third-order valence-electron chi connectivity index (χ3n) is 2.67. The first-order valence-electron chi connectivity index (χ1n) is 5.12. The number of rotatable bonds is 4. The first kappa shape index (κ1) is 12.8. The Bertz CT molecular complexity index is 325. The summed E-state index contributed by atoms with van der Waals surface area (Å²) < 4.78 is 6.38. The van der Waals surface area contributed by atoms with E-state index in [1.807, 2.05) is 6.07 Å². The molecule has 3 heteroatoms. The minimum Gasteiger partial charge on any atom is -0.496 e. The predicted octanol–water partition coefficient (Wildman–Crippen LogP) is 2.83. The molecule has 0 saturated carbocycles. The molecule has 0 spiro atoms. The van der Waals surface area contributed by atoms with Gasteiger partial charge in [0.2, 0.25) is 0 Å². The number of ether oxygens (including phenoxy) is 1. The second kappa shape index (κ2) is 5.70. The van der Waals surface area contributed by atoms with Crippen molar-refractivity contribution in [2.75, 3.05) is 7.11 Å². The van der Waals surface area contributed by atoms with Gasteiger partial charge in [-0.3, -0.25) is 0 Å². The van der Waals surface area contributed by atoms with Gasteiger partial charge in [0, 0.05) is 6.04 Å². The van der Waals surface area contributed by atoms with Gasteiger partial charge in [-0.15, -0.1) is 0 Å². The van der Waals surface area contributed by atoms with Gasteiger partial charge >= 0.3 is 0 Å². The van der Waals surface area contributed by atoms with Crippen LogP contribution < -0.4 is 10.5 Å². The third-order valence-corrected chi connectivity index (χ3v) is 3.51. The van der Waals surface area contributed by atoms with Crippen LogP contribution in [0.2, 0.25) is 0 Å². The van der Waals surface area contributed by atoms with Gasteiger partial charge < -0.3 is 10.5 Å². The van der Waals surface area contributed by atoms with Crippen molar-refractivity contribution in [3.8, 4) is 5.75 Å². The van der Waals surface area contributed by atoms with Crippen LogP contribution in [0.4, 0.5) is 0 Å².